The van der Waals surface area contributed by atoms with E-state index in [-0.39, 0.29) is 5.56 Å². The molecule has 0 atom stereocenters. The quantitative estimate of drug-likeness (QED) is 0.650. The van der Waals surface area contributed by atoms with Crippen LogP contribution in [0.3, 0.4) is 0 Å². The van der Waals surface area contributed by atoms with Crippen molar-refractivity contribution in [2.75, 3.05) is 0 Å². The number of benzene rings is 2. The van der Waals surface area contributed by atoms with Crippen LogP contribution in [0.5, 0.6) is 0 Å². The summed E-state index contributed by atoms with van der Waals surface area (Å²) in [6.45, 7) is 4.86. The fraction of sp³-hybridized carbons (Fsp3) is 0.200. The highest BCUT2D eigenvalue weighted by atomic mass is 35.5. The van der Waals surface area contributed by atoms with E-state index in [2.05, 4.69) is 38.1 Å². The SMILES string of the molecule is Cc1ccc(C)c(/C=C2\CCn3c2nc2ccc(Cl)cc2c3=O)c1. The van der Waals surface area contributed by atoms with E-state index >= 15 is 0 Å². The Morgan fingerprint density at radius 1 is 1.17 bits per heavy atom. The number of allylic oxidation sites excluding steroid dienone is 1. The molecule has 3 aromatic rings. The molecule has 0 fully saturated rings. The largest absolute Gasteiger partial charge is 0.292 e. The third-order valence-corrected chi connectivity index (χ3v) is 4.81. The molecule has 4 heteroatoms. The number of nitrogens with zero attached hydrogens (tertiary/aromatic N) is 2. The highest BCUT2D eigenvalue weighted by molar-refractivity contribution is 6.31. The highest BCUT2D eigenvalue weighted by Crippen LogP contribution is 2.29. The van der Waals surface area contributed by atoms with Gasteiger partial charge in [0.15, 0.2) is 0 Å². The summed E-state index contributed by atoms with van der Waals surface area (Å²) in [5.74, 6) is 0.774. The monoisotopic (exact) mass is 336 g/mol. The maximum absolute atomic E-state index is 12.7. The van der Waals surface area contributed by atoms with Gasteiger partial charge in [-0.15, -0.1) is 0 Å². The van der Waals surface area contributed by atoms with Crippen LogP contribution in [-0.2, 0) is 6.54 Å². The summed E-state index contributed by atoms with van der Waals surface area (Å²) in [7, 11) is 0. The molecule has 0 spiro atoms. The van der Waals surface area contributed by atoms with Crippen molar-refractivity contribution in [3.63, 3.8) is 0 Å². The van der Waals surface area contributed by atoms with E-state index in [1.54, 1.807) is 16.7 Å². The molecular weight excluding hydrogens is 320 g/mol. The minimum Gasteiger partial charge on any atom is -0.292 e. The second-order valence-corrected chi connectivity index (χ2v) is 6.77. The number of hydrogen-bond acceptors (Lipinski definition) is 2. The van der Waals surface area contributed by atoms with E-state index in [1.807, 2.05) is 6.07 Å². The van der Waals surface area contributed by atoms with Gasteiger partial charge in [0.1, 0.15) is 5.82 Å². The number of rotatable bonds is 1. The van der Waals surface area contributed by atoms with Crippen molar-refractivity contribution in [1.82, 2.24) is 9.55 Å². The lowest BCUT2D eigenvalue weighted by Gasteiger charge is -2.07. The fourth-order valence-electron chi connectivity index (χ4n) is 3.23. The number of aryl methyl sites for hydroxylation is 2. The van der Waals surface area contributed by atoms with Crippen molar-refractivity contribution in [2.24, 2.45) is 0 Å². The molecular formula is C20H17ClN2O. The van der Waals surface area contributed by atoms with Crippen LogP contribution in [-0.4, -0.2) is 9.55 Å². The van der Waals surface area contributed by atoms with Crippen molar-refractivity contribution >= 4 is 34.2 Å². The maximum atomic E-state index is 12.7. The van der Waals surface area contributed by atoms with E-state index in [1.165, 1.54) is 16.7 Å². The van der Waals surface area contributed by atoms with Crippen molar-refractivity contribution < 1.29 is 0 Å². The molecule has 0 amide bonds. The number of halogens is 1. The van der Waals surface area contributed by atoms with E-state index in [0.717, 1.165) is 17.8 Å². The Hall–Kier alpha value is -2.39. The molecule has 0 bridgehead atoms. The van der Waals surface area contributed by atoms with Gasteiger partial charge < -0.3 is 0 Å². The van der Waals surface area contributed by atoms with Gasteiger partial charge in [0, 0.05) is 11.6 Å². The zero-order chi connectivity index (χ0) is 16.8. The van der Waals surface area contributed by atoms with E-state index in [4.69, 9.17) is 16.6 Å². The molecule has 0 aliphatic carbocycles. The van der Waals surface area contributed by atoms with Crippen molar-refractivity contribution in [2.45, 2.75) is 26.8 Å². The van der Waals surface area contributed by atoms with Gasteiger partial charge in [0.25, 0.3) is 5.56 Å². The van der Waals surface area contributed by atoms with Crippen molar-refractivity contribution in [1.29, 1.82) is 0 Å². The van der Waals surface area contributed by atoms with Crippen LogP contribution in [0, 0.1) is 13.8 Å². The summed E-state index contributed by atoms with van der Waals surface area (Å²) < 4.78 is 1.76. The molecule has 120 valence electrons. The van der Waals surface area contributed by atoms with Crippen molar-refractivity contribution in [3.8, 4) is 0 Å². The Balaban J connectivity index is 1.92. The lowest BCUT2D eigenvalue weighted by atomic mass is 10.0. The molecule has 1 aliphatic heterocycles. The summed E-state index contributed by atoms with van der Waals surface area (Å²) in [5, 5.41) is 1.14. The molecule has 1 aromatic heterocycles. The molecule has 24 heavy (non-hydrogen) atoms. The Kier molecular flexibility index (Phi) is 3.54. The first-order valence-corrected chi connectivity index (χ1v) is 8.39. The van der Waals surface area contributed by atoms with Crippen LogP contribution in [0.4, 0.5) is 0 Å². The second kappa shape index (κ2) is 5.60. The standard InChI is InChI=1S/C20H17ClN2O/c1-12-3-4-13(2)15(9-12)10-14-7-8-23-19(14)22-18-6-5-16(21)11-17(18)20(23)24/h3-6,9-11H,7-8H2,1-2H3/b14-10+. The van der Waals surface area contributed by atoms with Gasteiger partial charge in [-0.2, -0.15) is 0 Å². The minimum atomic E-state index is -0.0122. The third-order valence-electron chi connectivity index (χ3n) is 4.57. The van der Waals surface area contributed by atoms with E-state index in [0.29, 0.717) is 22.5 Å². The van der Waals surface area contributed by atoms with Gasteiger partial charge in [-0.1, -0.05) is 35.4 Å². The topological polar surface area (TPSA) is 34.9 Å². The lowest BCUT2D eigenvalue weighted by molar-refractivity contribution is 0.725. The molecule has 4 rings (SSSR count). The van der Waals surface area contributed by atoms with E-state index < -0.39 is 0 Å². The first-order chi connectivity index (χ1) is 11.5. The maximum Gasteiger partial charge on any atom is 0.261 e. The van der Waals surface area contributed by atoms with Crippen LogP contribution >= 0.6 is 11.6 Å². The summed E-state index contributed by atoms with van der Waals surface area (Å²) in [6, 6.07) is 11.7. The Labute approximate surface area is 145 Å². The molecule has 0 radical (unpaired) electrons. The normalized spacial score (nSPS) is 15.2. The predicted molar refractivity (Wildman–Crippen MR) is 99.4 cm³/mol. The van der Waals surface area contributed by atoms with Gasteiger partial charge in [-0.25, -0.2) is 4.98 Å². The smallest absolute Gasteiger partial charge is 0.261 e. The average molecular weight is 337 g/mol. The molecule has 0 saturated heterocycles. The van der Waals surface area contributed by atoms with Gasteiger partial charge >= 0.3 is 0 Å². The van der Waals surface area contributed by atoms with Crippen LogP contribution in [0.25, 0.3) is 22.6 Å². The molecule has 2 aromatic carbocycles. The second-order valence-electron chi connectivity index (χ2n) is 6.33. The van der Waals surface area contributed by atoms with Gasteiger partial charge in [-0.3, -0.25) is 9.36 Å². The number of hydrogen-bond donors (Lipinski definition) is 0. The fourth-order valence-corrected chi connectivity index (χ4v) is 3.40. The molecule has 3 nitrogen and oxygen atoms in total. The summed E-state index contributed by atoms with van der Waals surface area (Å²) in [4.78, 5) is 17.5. The van der Waals surface area contributed by atoms with Gasteiger partial charge in [0.2, 0.25) is 0 Å². The summed E-state index contributed by atoms with van der Waals surface area (Å²) >= 11 is 6.02. The third kappa shape index (κ3) is 2.45. The zero-order valence-corrected chi connectivity index (χ0v) is 14.4. The average Bonchev–Trinajstić information content (AvgIpc) is 2.95. The van der Waals surface area contributed by atoms with Crippen LogP contribution in [0.15, 0.2) is 41.2 Å². The van der Waals surface area contributed by atoms with Crippen LogP contribution < -0.4 is 5.56 Å². The lowest BCUT2D eigenvalue weighted by Crippen LogP contribution is -2.20. The van der Waals surface area contributed by atoms with Crippen molar-refractivity contribution in [3.05, 3.63) is 74.3 Å². The van der Waals surface area contributed by atoms with Gasteiger partial charge in [-0.05, 0) is 61.2 Å². The van der Waals surface area contributed by atoms with Gasteiger partial charge in [0.05, 0.1) is 10.9 Å². The molecule has 2 heterocycles. The number of aromatic nitrogens is 2. The first-order valence-electron chi connectivity index (χ1n) is 8.01. The van der Waals surface area contributed by atoms with E-state index in [9.17, 15) is 4.79 Å². The molecule has 0 unspecified atom stereocenters. The van der Waals surface area contributed by atoms with Crippen LogP contribution in [0.2, 0.25) is 5.02 Å². The van der Waals surface area contributed by atoms with Crippen LogP contribution in [0.1, 0.15) is 28.9 Å². The molecule has 1 aliphatic rings. The Bertz CT molecular complexity index is 1060. The summed E-state index contributed by atoms with van der Waals surface area (Å²) in [5.41, 5.74) is 5.43. The Morgan fingerprint density at radius 3 is 2.83 bits per heavy atom. The number of fused-ring (bicyclic) bond motifs is 2. The highest BCUT2D eigenvalue weighted by Gasteiger charge is 2.21. The molecule has 0 N–H and O–H groups in total. The molecule has 0 saturated carbocycles. The Morgan fingerprint density at radius 2 is 2.00 bits per heavy atom. The zero-order valence-electron chi connectivity index (χ0n) is 13.6. The summed E-state index contributed by atoms with van der Waals surface area (Å²) in [6.07, 6.45) is 2.98. The minimum absolute atomic E-state index is 0.0122. The predicted octanol–water partition coefficient (Wildman–Crippen LogP) is 4.61. The first kappa shape index (κ1) is 15.2.